The highest BCUT2D eigenvalue weighted by molar-refractivity contribution is 7.91. The smallest absolute Gasteiger partial charge is 0.150 e. The van der Waals surface area contributed by atoms with E-state index in [4.69, 9.17) is 9.47 Å². The monoisotopic (exact) mass is 277 g/mol. The fraction of sp³-hybridized carbons (Fsp3) is 1.00. The predicted molar refractivity (Wildman–Crippen MR) is 69.4 cm³/mol. The topological polar surface area (TPSA) is 64.6 Å². The molecule has 0 aliphatic carbocycles. The largest absolute Gasteiger partial charge is 0.383 e. The second kappa shape index (κ2) is 5.86. The number of rotatable bonds is 6. The molecule has 0 aromatic heterocycles. The van der Waals surface area contributed by atoms with Crippen molar-refractivity contribution >= 4 is 9.84 Å². The highest BCUT2D eigenvalue weighted by Gasteiger charge is 2.46. The van der Waals surface area contributed by atoms with Gasteiger partial charge in [-0.3, -0.25) is 0 Å². The van der Waals surface area contributed by atoms with Crippen molar-refractivity contribution < 1.29 is 17.9 Å². The molecule has 6 heteroatoms. The van der Waals surface area contributed by atoms with Gasteiger partial charge in [0.15, 0.2) is 9.84 Å². The number of hydrogen-bond donors (Lipinski definition) is 1. The molecule has 2 fully saturated rings. The molecule has 2 aliphatic rings. The van der Waals surface area contributed by atoms with Gasteiger partial charge in [-0.25, -0.2) is 8.42 Å². The predicted octanol–water partition coefficient (Wildman–Crippen LogP) is 0.0638. The summed E-state index contributed by atoms with van der Waals surface area (Å²) in [5.74, 6) is 0.930. The number of hydrogen-bond acceptors (Lipinski definition) is 5. The third kappa shape index (κ3) is 3.23. The summed E-state index contributed by atoms with van der Waals surface area (Å²) < 4.78 is 33.8. The molecule has 2 heterocycles. The maximum atomic E-state index is 11.6. The van der Waals surface area contributed by atoms with Gasteiger partial charge < -0.3 is 14.8 Å². The molecule has 18 heavy (non-hydrogen) atoms. The molecule has 1 N–H and O–H groups in total. The molecule has 0 spiro atoms. The molecule has 5 nitrogen and oxygen atoms in total. The Morgan fingerprint density at radius 1 is 1.50 bits per heavy atom. The third-order valence-corrected chi connectivity index (χ3v) is 5.96. The fourth-order valence-electron chi connectivity index (χ4n) is 3.02. The Bertz CT molecular complexity index is 362. The van der Waals surface area contributed by atoms with Crippen LogP contribution in [-0.4, -0.2) is 59.9 Å². The summed E-state index contributed by atoms with van der Waals surface area (Å²) in [7, 11) is -1.13. The molecule has 2 atom stereocenters. The van der Waals surface area contributed by atoms with Gasteiger partial charge in [0.1, 0.15) is 0 Å². The molecule has 2 saturated heterocycles. The Morgan fingerprint density at radius 2 is 2.33 bits per heavy atom. The van der Waals surface area contributed by atoms with Crippen molar-refractivity contribution in [1.29, 1.82) is 0 Å². The summed E-state index contributed by atoms with van der Waals surface area (Å²) in [5, 5.41) is 3.37. The first kappa shape index (κ1) is 14.2. The number of methoxy groups -OCH3 is 1. The van der Waals surface area contributed by atoms with E-state index in [1.807, 2.05) is 0 Å². The van der Waals surface area contributed by atoms with Crippen molar-refractivity contribution in [3.05, 3.63) is 0 Å². The molecule has 2 rings (SSSR count). The van der Waals surface area contributed by atoms with Crippen LogP contribution in [0.1, 0.15) is 12.8 Å². The highest BCUT2D eigenvalue weighted by Crippen LogP contribution is 2.41. The van der Waals surface area contributed by atoms with Gasteiger partial charge in [0.05, 0.1) is 24.7 Å². The van der Waals surface area contributed by atoms with Crippen LogP contribution in [0.2, 0.25) is 0 Å². The van der Waals surface area contributed by atoms with Gasteiger partial charge in [0.25, 0.3) is 0 Å². The lowest BCUT2D eigenvalue weighted by Crippen LogP contribution is -2.42. The Balaban J connectivity index is 1.94. The SMILES string of the molecule is COCCNCC1(C2CCS(=O)(=O)C2)CCOC1. The number of nitrogens with one attached hydrogen (secondary N) is 1. The van der Waals surface area contributed by atoms with E-state index < -0.39 is 9.84 Å². The first-order valence-corrected chi connectivity index (χ1v) is 8.38. The van der Waals surface area contributed by atoms with Crippen molar-refractivity contribution in [2.45, 2.75) is 12.8 Å². The average molecular weight is 277 g/mol. The van der Waals surface area contributed by atoms with Crippen molar-refractivity contribution in [1.82, 2.24) is 5.32 Å². The zero-order chi connectivity index (χ0) is 13.1. The molecule has 0 saturated carbocycles. The molecule has 0 bridgehead atoms. The van der Waals surface area contributed by atoms with E-state index >= 15 is 0 Å². The molecule has 0 amide bonds. The van der Waals surface area contributed by atoms with Crippen LogP contribution in [-0.2, 0) is 19.3 Å². The summed E-state index contributed by atoms with van der Waals surface area (Å²) in [4.78, 5) is 0. The molecule has 106 valence electrons. The molecule has 2 unspecified atom stereocenters. The normalized spacial score (nSPS) is 35.1. The summed E-state index contributed by atoms with van der Waals surface area (Å²) in [5.41, 5.74) is 0.0112. The van der Waals surface area contributed by atoms with E-state index in [1.165, 1.54) is 0 Å². The van der Waals surface area contributed by atoms with Gasteiger partial charge in [-0.2, -0.15) is 0 Å². The molecular weight excluding hydrogens is 254 g/mol. The first-order chi connectivity index (χ1) is 8.58. The lowest BCUT2D eigenvalue weighted by Gasteiger charge is -2.33. The van der Waals surface area contributed by atoms with Crippen LogP contribution in [0.4, 0.5) is 0 Å². The Labute approximate surface area is 109 Å². The van der Waals surface area contributed by atoms with Gasteiger partial charge in [0.2, 0.25) is 0 Å². The van der Waals surface area contributed by atoms with Crippen molar-refractivity contribution in [3.63, 3.8) is 0 Å². The summed E-state index contributed by atoms with van der Waals surface area (Å²) in [6.07, 6.45) is 1.75. The van der Waals surface area contributed by atoms with Crippen LogP contribution in [0.25, 0.3) is 0 Å². The van der Waals surface area contributed by atoms with Crippen LogP contribution in [0.5, 0.6) is 0 Å². The van der Waals surface area contributed by atoms with E-state index in [1.54, 1.807) is 7.11 Å². The molecular formula is C12H23NO4S. The Hall–Kier alpha value is -0.170. The second-order valence-corrected chi connectivity index (χ2v) is 7.66. The third-order valence-electron chi connectivity index (χ3n) is 4.19. The van der Waals surface area contributed by atoms with Crippen LogP contribution in [0, 0.1) is 11.3 Å². The summed E-state index contributed by atoms with van der Waals surface area (Å²) in [6, 6.07) is 0. The highest BCUT2D eigenvalue weighted by atomic mass is 32.2. The van der Waals surface area contributed by atoms with Crippen molar-refractivity contribution in [3.8, 4) is 0 Å². The Morgan fingerprint density at radius 3 is 2.89 bits per heavy atom. The molecule has 0 aromatic carbocycles. The quantitative estimate of drug-likeness (QED) is 0.696. The number of sulfone groups is 1. The lowest BCUT2D eigenvalue weighted by atomic mass is 9.74. The molecule has 0 aromatic rings. The Kier molecular flexibility index (Phi) is 4.64. The summed E-state index contributed by atoms with van der Waals surface area (Å²) in [6.45, 7) is 3.75. The lowest BCUT2D eigenvalue weighted by molar-refractivity contribution is 0.110. The zero-order valence-electron chi connectivity index (χ0n) is 11.0. The van der Waals surface area contributed by atoms with Crippen molar-refractivity contribution in [2.24, 2.45) is 11.3 Å². The first-order valence-electron chi connectivity index (χ1n) is 6.56. The maximum Gasteiger partial charge on any atom is 0.150 e. The van der Waals surface area contributed by atoms with Gasteiger partial charge in [-0.1, -0.05) is 0 Å². The van der Waals surface area contributed by atoms with Gasteiger partial charge >= 0.3 is 0 Å². The molecule has 0 radical (unpaired) electrons. The zero-order valence-corrected chi connectivity index (χ0v) is 11.8. The van der Waals surface area contributed by atoms with Gasteiger partial charge in [-0.15, -0.1) is 0 Å². The second-order valence-electron chi connectivity index (χ2n) is 5.43. The minimum absolute atomic E-state index is 0.0112. The van der Waals surface area contributed by atoms with Gasteiger partial charge in [0, 0.05) is 32.2 Å². The maximum absolute atomic E-state index is 11.6. The van der Waals surface area contributed by atoms with Crippen LogP contribution in [0.15, 0.2) is 0 Å². The van der Waals surface area contributed by atoms with Crippen molar-refractivity contribution in [2.75, 3.05) is 51.5 Å². The minimum Gasteiger partial charge on any atom is -0.383 e. The van der Waals surface area contributed by atoms with E-state index in [0.717, 1.165) is 32.5 Å². The van der Waals surface area contributed by atoms with Crippen LogP contribution in [0.3, 0.4) is 0 Å². The molecule has 2 aliphatic heterocycles. The fourth-order valence-corrected chi connectivity index (χ4v) is 4.96. The average Bonchev–Trinajstić information content (AvgIpc) is 2.92. The van der Waals surface area contributed by atoms with Crippen LogP contribution >= 0.6 is 0 Å². The van der Waals surface area contributed by atoms with Gasteiger partial charge in [-0.05, 0) is 18.8 Å². The van der Waals surface area contributed by atoms with Crippen LogP contribution < -0.4 is 5.32 Å². The summed E-state index contributed by atoms with van der Waals surface area (Å²) >= 11 is 0. The minimum atomic E-state index is -2.81. The van der Waals surface area contributed by atoms with E-state index in [0.29, 0.717) is 24.7 Å². The van der Waals surface area contributed by atoms with E-state index in [9.17, 15) is 8.42 Å². The number of ether oxygens (including phenoxy) is 2. The standard InChI is InChI=1S/C12H23NO4S/c1-16-6-4-13-9-12(3-5-17-10-12)11-2-7-18(14,15)8-11/h11,13H,2-10H2,1H3. The van der Waals surface area contributed by atoms with E-state index in [2.05, 4.69) is 5.32 Å². The van der Waals surface area contributed by atoms with E-state index in [-0.39, 0.29) is 11.3 Å².